The Morgan fingerprint density at radius 3 is 2.37 bits per heavy atom. The van der Waals surface area contributed by atoms with Crippen LogP contribution in [0.25, 0.3) is 0 Å². The van der Waals surface area contributed by atoms with Crippen molar-refractivity contribution in [3.05, 3.63) is 77.2 Å². The molecule has 1 heterocycles. The van der Waals surface area contributed by atoms with Gasteiger partial charge in [-0.05, 0) is 67.1 Å². The Morgan fingerprint density at radius 2 is 1.74 bits per heavy atom. The molecule has 7 heteroatoms. The summed E-state index contributed by atoms with van der Waals surface area (Å²) in [5.74, 6) is 0.156. The Morgan fingerprint density at radius 1 is 1.04 bits per heavy atom. The van der Waals surface area contributed by atoms with Crippen LogP contribution in [0.15, 0.2) is 65.3 Å². The van der Waals surface area contributed by atoms with Crippen molar-refractivity contribution < 1.29 is 18.7 Å². The number of rotatable bonds is 6. The summed E-state index contributed by atoms with van der Waals surface area (Å²) in [6.45, 7) is 1.74. The molecule has 1 aromatic heterocycles. The second-order valence-electron chi connectivity index (χ2n) is 5.76. The SMILES string of the molecule is Cc1cc(OCC(=O)Nc2ccc(NC(=O)c3ccco3)cc2)ccc1Cl. The zero-order chi connectivity index (χ0) is 19.2. The van der Waals surface area contributed by atoms with Gasteiger partial charge in [0.25, 0.3) is 11.8 Å². The van der Waals surface area contributed by atoms with Gasteiger partial charge in [0.2, 0.25) is 0 Å². The van der Waals surface area contributed by atoms with Crippen LogP contribution in [0.4, 0.5) is 11.4 Å². The molecule has 6 nitrogen and oxygen atoms in total. The van der Waals surface area contributed by atoms with Crippen LogP contribution in [0.3, 0.4) is 0 Å². The van der Waals surface area contributed by atoms with Gasteiger partial charge in [-0.1, -0.05) is 11.6 Å². The number of carbonyl (C=O) groups excluding carboxylic acids is 2. The molecular weight excluding hydrogens is 368 g/mol. The van der Waals surface area contributed by atoms with E-state index in [0.29, 0.717) is 22.1 Å². The van der Waals surface area contributed by atoms with Crippen molar-refractivity contribution in [3.63, 3.8) is 0 Å². The van der Waals surface area contributed by atoms with Crippen molar-refractivity contribution in [1.29, 1.82) is 0 Å². The summed E-state index contributed by atoms with van der Waals surface area (Å²) in [5, 5.41) is 6.07. The minimum Gasteiger partial charge on any atom is -0.484 e. The predicted molar refractivity (Wildman–Crippen MR) is 103 cm³/mol. The second kappa shape index (κ2) is 8.42. The third-order valence-electron chi connectivity index (χ3n) is 3.67. The maximum Gasteiger partial charge on any atom is 0.291 e. The van der Waals surface area contributed by atoms with E-state index in [2.05, 4.69) is 10.6 Å². The Kier molecular flexibility index (Phi) is 5.78. The molecule has 3 rings (SSSR count). The maximum absolute atomic E-state index is 12.0. The van der Waals surface area contributed by atoms with Gasteiger partial charge in [-0.25, -0.2) is 0 Å². The number of amides is 2. The molecule has 138 valence electrons. The summed E-state index contributed by atoms with van der Waals surface area (Å²) in [5.41, 5.74) is 2.05. The van der Waals surface area contributed by atoms with E-state index in [1.54, 1.807) is 54.6 Å². The zero-order valence-corrected chi connectivity index (χ0v) is 15.2. The Hall–Kier alpha value is -3.25. The van der Waals surface area contributed by atoms with Crippen LogP contribution in [0.5, 0.6) is 5.75 Å². The molecular formula is C20H17ClN2O4. The van der Waals surface area contributed by atoms with Gasteiger partial charge in [0.1, 0.15) is 5.75 Å². The normalized spacial score (nSPS) is 10.3. The Bertz CT molecular complexity index is 937. The highest BCUT2D eigenvalue weighted by atomic mass is 35.5. The third-order valence-corrected chi connectivity index (χ3v) is 4.09. The lowest BCUT2D eigenvalue weighted by Gasteiger charge is -2.09. The first-order chi connectivity index (χ1) is 13.0. The van der Waals surface area contributed by atoms with Gasteiger partial charge >= 0.3 is 0 Å². The van der Waals surface area contributed by atoms with E-state index in [0.717, 1.165) is 5.56 Å². The molecule has 0 aliphatic carbocycles. The average Bonchev–Trinajstić information content (AvgIpc) is 3.19. The van der Waals surface area contributed by atoms with Crippen molar-refractivity contribution in [2.24, 2.45) is 0 Å². The molecule has 0 spiro atoms. The van der Waals surface area contributed by atoms with Crippen molar-refractivity contribution >= 4 is 34.8 Å². The molecule has 0 saturated carbocycles. The van der Waals surface area contributed by atoms with Crippen molar-refractivity contribution in [2.45, 2.75) is 6.92 Å². The third kappa shape index (κ3) is 5.12. The standard InChI is InChI=1S/C20H17ClN2O4/c1-13-11-16(8-9-17(13)21)27-12-19(24)22-14-4-6-15(7-5-14)23-20(25)18-3-2-10-26-18/h2-11H,12H2,1H3,(H,22,24)(H,23,25). The molecule has 0 atom stereocenters. The smallest absolute Gasteiger partial charge is 0.291 e. The van der Waals surface area contributed by atoms with E-state index >= 15 is 0 Å². The van der Waals surface area contributed by atoms with Crippen LogP contribution in [0.2, 0.25) is 5.02 Å². The van der Waals surface area contributed by atoms with Gasteiger partial charge in [0.05, 0.1) is 6.26 Å². The fourth-order valence-electron chi connectivity index (χ4n) is 2.29. The summed E-state index contributed by atoms with van der Waals surface area (Å²) >= 11 is 5.96. The van der Waals surface area contributed by atoms with Gasteiger partial charge in [-0.2, -0.15) is 0 Å². The fourth-order valence-corrected chi connectivity index (χ4v) is 2.41. The Balaban J connectivity index is 1.50. The predicted octanol–water partition coefficient (Wildman–Crippen LogP) is 4.51. The molecule has 2 aromatic carbocycles. The van der Waals surface area contributed by atoms with Crippen LogP contribution >= 0.6 is 11.6 Å². The molecule has 27 heavy (non-hydrogen) atoms. The first-order valence-electron chi connectivity index (χ1n) is 8.15. The summed E-state index contributed by atoms with van der Waals surface area (Å²) in [6, 6.07) is 15.1. The van der Waals surface area contributed by atoms with Gasteiger partial charge in [-0.15, -0.1) is 0 Å². The molecule has 0 saturated heterocycles. The second-order valence-corrected chi connectivity index (χ2v) is 6.16. The largest absolute Gasteiger partial charge is 0.484 e. The van der Waals surface area contributed by atoms with Gasteiger partial charge in [-0.3, -0.25) is 9.59 Å². The average molecular weight is 385 g/mol. The minimum atomic E-state index is -0.344. The van der Waals surface area contributed by atoms with Crippen molar-refractivity contribution in [2.75, 3.05) is 17.2 Å². The zero-order valence-electron chi connectivity index (χ0n) is 14.5. The van der Waals surface area contributed by atoms with Gasteiger partial charge in [0.15, 0.2) is 12.4 Å². The molecule has 0 unspecified atom stereocenters. The number of hydrogen-bond donors (Lipinski definition) is 2. The summed E-state index contributed by atoms with van der Waals surface area (Å²) in [7, 11) is 0. The lowest BCUT2D eigenvalue weighted by Crippen LogP contribution is -2.20. The van der Waals surface area contributed by atoms with Crippen molar-refractivity contribution in [1.82, 2.24) is 0 Å². The van der Waals surface area contributed by atoms with E-state index in [4.69, 9.17) is 20.8 Å². The fraction of sp³-hybridized carbons (Fsp3) is 0.100. The minimum absolute atomic E-state index is 0.127. The van der Waals surface area contributed by atoms with Crippen LogP contribution in [0.1, 0.15) is 16.1 Å². The number of benzene rings is 2. The number of nitrogens with one attached hydrogen (secondary N) is 2. The highest BCUT2D eigenvalue weighted by Crippen LogP contribution is 2.21. The van der Waals surface area contributed by atoms with Crippen LogP contribution in [-0.4, -0.2) is 18.4 Å². The maximum atomic E-state index is 12.0. The topological polar surface area (TPSA) is 80.6 Å². The number of furan rings is 1. The lowest BCUT2D eigenvalue weighted by molar-refractivity contribution is -0.118. The van der Waals surface area contributed by atoms with Crippen LogP contribution in [-0.2, 0) is 4.79 Å². The quantitative estimate of drug-likeness (QED) is 0.655. The molecule has 2 amide bonds. The number of aryl methyl sites for hydroxylation is 1. The monoisotopic (exact) mass is 384 g/mol. The molecule has 2 N–H and O–H groups in total. The van der Waals surface area contributed by atoms with E-state index < -0.39 is 0 Å². The van der Waals surface area contributed by atoms with E-state index in [1.807, 2.05) is 6.92 Å². The van der Waals surface area contributed by atoms with Gasteiger partial charge in [0, 0.05) is 16.4 Å². The number of hydrogen-bond acceptors (Lipinski definition) is 4. The first-order valence-corrected chi connectivity index (χ1v) is 8.53. The highest BCUT2D eigenvalue weighted by Gasteiger charge is 2.09. The van der Waals surface area contributed by atoms with Crippen molar-refractivity contribution in [3.8, 4) is 5.75 Å². The number of carbonyl (C=O) groups is 2. The number of anilines is 2. The molecule has 3 aromatic rings. The molecule has 0 bridgehead atoms. The molecule has 0 aliphatic heterocycles. The number of ether oxygens (including phenoxy) is 1. The van der Waals surface area contributed by atoms with Crippen LogP contribution in [0, 0.1) is 6.92 Å². The summed E-state index contributed by atoms with van der Waals surface area (Å²) in [6.07, 6.45) is 1.43. The molecule has 0 radical (unpaired) electrons. The molecule has 0 aliphatic rings. The first kappa shape index (κ1) is 18.5. The highest BCUT2D eigenvalue weighted by molar-refractivity contribution is 6.31. The van der Waals surface area contributed by atoms with E-state index in [9.17, 15) is 9.59 Å². The van der Waals surface area contributed by atoms with E-state index in [1.165, 1.54) is 6.26 Å². The summed E-state index contributed by atoms with van der Waals surface area (Å²) < 4.78 is 10.5. The summed E-state index contributed by atoms with van der Waals surface area (Å²) in [4.78, 5) is 23.9. The van der Waals surface area contributed by atoms with Gasteiger partial charge < -0.3 is 19.8 Å². The lowest BCUT2D eigenvalue weighted by atomic mass is 10.2. The van der Waals surface area contributed by atoms with E-state index in [-0.39, 0.29) is 24.2 Å². The number of halogens is 1. The van der Waals surface area contributed by atoms with Crippen LogP contribution < -0.4 is 15.4 Å². The Labute approximate surface area is 161 Å². The molecule has 0 fully saturated rings.